The molecule has 1 aromatic rings. The number of aliphatic hydroxyl groups excluding tert-OH is 1. The SMILES string of the molecule is Cc1ccoc1C(=O)N[C@@H](CC(C)C)C(=O)N1CCC(CO)CC1. The third-order valence-electron chi connectivity index (χ3n) is 4.56. The topological polar surface area (TPSA) is 82.8 Å². The zero-order valence-corrected chi connectivity index (χ0v) is 14.7. The molecule has 0 saturated carbocycles. The van der Waals surface area contributed by atoms with Crippen molar-refractivity contribution < 1.29 is 19.1 Å². The summed E-state index contributed by atoms with van der Waals surface area (Å²) in [4.78, 5) is 27.0. The molecular formula is C18H28N2O4. The lowest BCUT2D eigenvalue weighted by Crippen LogP contribution is -2.51. The first kappa shape index (κ1) is 18.5. The summed E-state index contributed by atoms with van der Waals surface area (Å²) in [5.74, 6) is 0.430. The number of carbonyl (C=O) groups excluding carboxylic acids is 2. The van der Waals surface area contributed by atoms with Gasteiger partial charge in [0.05, 0.1) is 6.26 Å². The van der Waals surface area contributed by atoms with Crippen LogP contribution >= 0.6 is 0 Å². The van der Waals surface area contributed by atoms with E-state index in [4.69, 9.17) is 4.42 Å². The Morgan fingerprint density at radius 3 is 2.54 bits per heavy atom. The van der Waals surface area contributed by atoms with Gasteiger partial charge in [-0.3, -0.25) is 9.59 Å². The Kier molecular flexibility index (Phi) is 6.43. The monoisotopic (exact) mass is 336 g/mol. The molecule has 0 spiro atoms. The average Bonchev–Trinajstić information content (AvgIpc) is 2.99. The number of nitrogens with one attached hydrogen (secondary N) is 1. The van der Waals surface area contributed by atoms with E-state index in [1.54, 1.807) is 17.9 Å². The van der Waals surface area contributed by atoms with Crippen LogP contribution < -0.4 is 5.32 Å². The predicted octanol–water partition coefficient (Wildman–Crippen LogP) is 1.96. The number of furan rings is 1. The standard InChI is InChI=1S/C18H28N2O4/c1-12(2)10-15(19-17(22)16-13(3)6-9-24-16)18(23)20-7-4-14(11-21)5-8-20/h6,9,12,14-15,21H,4-5,7-8,10-11H2,1-3H3,(H,19,22)/t15-/m0/s1. The van der Waals surface area contributed by atoms with E-state index in [9.17, 15) is 14.7 Å². The van der Waals surface area contributed by atoms with Crippen molar-refractivity contribution >= 4 is 11.8 Å². The smallest absolute Gasteiger partial charge is 0.287 e. The van der Waals surface area contributed by atoms with Crippen LogP contribution in [0.5, 0.6) is 0 Å². The first-order chi connectivity index (χ1) is 11.4. The molecule has 1 saturated heterocycles. The number of carbonyl (C=O) groups is 2. The number of aryl methyl sites for hydroxylation is 1. The summed E-state index contributed by atoms with van der Waals surface area (Å²) in [6, 6.07) is 1.18. The van der Waals surface area contributed by atoms with Crippen LogP contribution in [0.1, 0.15) is 49.2 Å². The third kappa shape index (κ3) is 4.60. The molecule has 1 aliphatic rings. The normalized spacial score (nSPS) is 17.1. The van der Waals surface area contributed by atoms with Gasteiger partial charge in [0.1, 0.15) is 6.04 Å². The Bertz CT molecular complexity index is 559. The van der Waals surface area contributed by atoms with Gasteiger partial charge >= 0.3 is 0 Å². The summed E-state index contributed by atoms with van der Waals surface area (Å²) in [7, 11) is 0. The Hall–Kier alpha value is -1.82. The first-order valence-electron chi connectivity index (χ1n) is 8.67. The van der Waals surface area contributed by atoms with Crippen molar-refractivity contribution in [1.29, 1.82) is 0 Å². The molecular weight excluding hydrogens is 308 g/mol. The van der Waals surface area contributed by atoms with Gasteiger partial charge in [-0.25, -0.2) is 0 Å². The van der Waals surface area contributed by atoms with Gasteiger partial charge in [0.15, 0.2) is 5.76 Å². The second kappa shape index (κ2) is 8.33. The van der Waals surface area contributed by atoms with Crippen molar-refractivity contribution in [2.45, 2.75) is 46.1 Å². The summed E-state index contributed by atoms with van der Waals surface area (Å²) < 4.78 is 5.22. The second-order valence-corrected chi connectivity index (χ2v) is 7.04. The van der Waals surface area contributed by atoms with Crippen molar-refractivity contribution in [3.63, 3.8) is 0 Å². The lowest BCUT2D eigenvalue weighted by atomic mass is 9.96. The number of hydrogen-bond donors (Lipinski definition) is 2. The molecule has 0 radical (unpaired) electrons. The first-order valence-corrected chi connectivity index (χ1v) is 8.67. The van der Waals surface area contributed by atoms with Crippen LogP contribution in [0, 0.1) is 18.8 Å². The highest BCUT2D eigenvalue weighted by Gasteiger charge is 2.30. The van der Waals surface area contributed by atoms with Crippen LogP contribution in [0.25, 0.3) is 0 Å². The lowest BCUT2D eigenvalue weighted by Gasteiger charge is -2.34. The highest BCUT2D eigenvalue weighted by Crippen LogP contribution is 2.19. The summed E-state index contributed by atoms with van der Waals surface area (Å²) >= 11 is 0. The van der Waals surface area contributed by atoms with Crippen LogP contribution in [0.4, 0.5) is 0 Å². The molecule has 6 heteroatoms. The third-order valence-corrected chi connectivity index (χ3v) is 4.56. The average molecular weight is 336 g/mol. The summed E-state index contributed by atoms with van der Waals surface area (Å²) in [5.41, 5.74) is 0.756. The molecule has 0 aromatic carbocycles. The number of piperidine rings is 1. The van der Waals surface area contributed by atoms with Gasteiger partial charge < -0.3 is 19.7 Å². The van der Waals surface area contributed by atoms with Gasteiger partial charge in [0.25, 0.3) is 5.91 Å². The van der Waals surface area contributed by atoms with E-state index in [2.05, 4.69) is 5.32 Å². The molecule has 1 aliphatic heterocycles. The maximum absolute atomic E-state index is 12.8. The molecule has 1 fully saturated rings. The van der Waals surface area contributed by atoms with Crippen molar-refractivity contribution in [3.8, 4) is 0 Å². The quantitative estimate of drug-likeness (QED) is 0.832. The molecule has 24 heavy (non-hydrogen) atoms. The summed E-state index contributed by atoms with van der Waals surface area (Å²) in [6.07, 6.45) is 3.68. The maximum atomic E-state index is 12.8. The van der Waals surface area contributed by atoms with Gasteiger partial charge in [-0.2, -0.15) is 0 Å². The van der Waals surface area contributed by atoms with Crippen molar-refractivity contribution in [2.75, 3.05) is 19.7 Å². The molecule has 1 aromatic heterocycles. The van der Waals surface area contributed by atoms with E-state index < -0.39 is 6.04 Å². The zero-order valence-electron chi connectivity index (χ0n) is 14.7. The Balaban J connectivity index is 2.03. The number of rotatable bonds is 6. The summed E-state index contributed by atoms with van der Waals surface area (Å²) in [6.45, 7) is 7.30. The summed E-state index contributed by atoms with van der Waals surface area (Å²) in [5, 5.41) is 12.1. The van der Waals surface area contributed by atoms with Crippen molar-refractivity contribution in [3.05, 3.63) is 23.7 Å². The maximum Gasteiger partial charge on any atom is 0.287 e. The Morgan fingerprint density at radius 2 is 2.04 bits per heavy atom. The highest BCUT2D eigenvalue weighted by atomic mass is 16.3. The van der Waals surface area contributed by atoms with E-state index in [-0.39, 0.29) is 36.0 Å². The van der Waals surface area contributed by atoms with E-state index >= 15 is 0 Å². The van der Waals surface area contributed by atoms with Gasteiger partial charge in [0.2, 0.25) is 5.91 Å². The minimum atomic E-state index is -0.548. The van der Waals surface area contributed by atoms with Crippen LogP contribution in [0.2, 0.25) is 0 Å². The predicted molar refractivity (Wildman–Crippen MR) is 90.5 cm³/mol. The highest BCUT2D eigenvalue weighted by molar-refractivity contribution is 5.96. The Morgan fingerprint density at radius 1 is 1.38 bits per heavy atom. The van der Waals surface area contributed by atoms with Gasteiger partial charge in [-0.15, -0.1) is 0 Å². The number of hydrogen-bond acceptors (Lipinski definition) is 4. The number of nitrogens with zero attached hydrogens (tertiary/aromatic N) is 1. The fourth-order valence-electron chi connectivity index (χ4n) is 3.08. The molecule has 134 valence electrons. The van der Waals surface area contributed by atoms with Gasteiger partial charge in [-0.1, -0.05) is 13.8 Å². The molecule has 2 amide bonds. The number of likely N-dealkylation sites (tertiary alicyclic amines) is 1. The Labute approximate surface area is 143 Å². The number of amides is 2. The van der Waals surface area contributed by atoms with E-state index in [1.807, 2.05) is 13.8 Å². The largest absolute Gasteiger partial charge is 0.459 e. The zero-order chi connectivity index (χ0) is 17.7. The van der Waals surface area contributed by atoms with Crippen molar-refractivity contribution in [1.82, 2.24) is 10.2 Å². The lowest BCUT2D eigenvalue weighted by molar-refractivity contribution is -0.135. The molecule has 0 bridgehead atoms. The van der Waals surface area contributed by atoms with Crippen LogP contribution in [0.3, 0.4) is 0 Å². The van der Waals surface area contributed by atoms with Gasteiger partial charge in [-0.05, 0) is 44.1 Å². The molecule has 1 atom stereocenters. The van der Waals surface area contributed by atoms with Crippen LogP contribution in [-0.2, 0) is 4.79 Å². The van der Waals surface area contributed by atoms with E-state index in [0.29, 0.717) is 19.5 Å². The van der Waals surface area contributed by atoms with Crippen molar-refractivity contribution in [2.24, 2.45) is 11.8 Å². The minimum Gasteiger partial charge on any atom is -0.459 e. The van der Waals surface area contributed by atoms with Crippen LogP contribution in [0.15, 0.2) is 16.7 Å². The fourth-order valence-corrected chi connectivity index (χ4v) is 3.08. The molecule has 2 rings (SSSR count). The molecule has 0 unspecified atom stereocenters. The molecule has 2 heterocycles. The number of aliphatic hydroxyl groups is 1. The molecule has 2 N–H and O–H groups in total. The fraction of sp³-hybridized carbons (Fsp3) is 0.667. The van der Waals surface area contributed by atoms with E-state index in [0.717, 1.165) is 18.4 Å². The van der Waals surface area contributed by atoms with E-state index in [1.165, 1.54) is 6.26 Å². The minimum absolute atomic E-state index is 0.0438. The molecule has 6 nitrogen and oxygen atoms in total. The van der Waals surface area contributed by atoms with Gasteiger partial charge in [0, 0.05) is 25.3 Å². The van der Waals surface area contributed by atoms with Crippen LogP contribution in [-0.4, -0.2) is 47.6 Å². The second-order valence-electron chi connectivity index (χ2n) is 7.04. The molecule has 0 aliphatic carbocycles.